The van der Waals surface area contributed by atoms with E-state index in [1.165, 1.54) is 30.0 Å². The summed E-state index contributed by atoms with van der Waals surface area (Å²) < 4.78 is 13.8. The highest BCUT2D eigenvalue weighted by molar-refractivity contribution is 6.14. The average molecular weight is 384 g/mol. The summed E-state index contributed by atoms with van der Waals surface area (Å²) in [6, 6.07) is 11.1. The maximum absolute atomic E-state index is 13.8. The second-order valence-corrected chi connectivity index (χ2v) is 6.99. The van der Waals surface area contributed by atoms with Crippen LogP contribution in [0.4, 0.5) is 27.1 Å². The fraction of sp³-hybridized carbons (Fsp3) is 0.250. The molecule has 0 spiro atoms. The molecule has 3 N–H and O–H groups in total. The van der Waals surface area contributed by atoms with Crippen LogP contribution in [-0.4, -0.2) is 29.8 Å². The minimum Gasteiger partial charge on any atom is -0.376 e. The zero-order valence-corrected chi connectivity index (χ0v) is 15.8. The fourth-order valence-electron chi connectivity index (χ4n) is 3.08. The molecule has 28 heavy (non-hydrogen) atoms. The monoisotopic (exact) mass is 384 g/mol. The molecule has 0 aliphatic carbocycles. The third-order valence-corrected chi connectivity index (χ3v) is 4.48. The van der Waals surface area contributed by atoms with Crippen LogP contribution in [0.5, 0.6) is 0 Å². The summed E-state index contributed by atoms with van der Waals surface area (Å²) in [6.45, 7) is 4.51. The number of nitrogens with zero attached hydrogens (tertiary/aromatic N) is 1. The second kappa shape index (κ2) is 7.30. The van der Waals surface area contributed by atoms with Crippen molar-refractivity contribution in [2.75, 3.05) is 27.4 Å². The Morgan fingerprint density at radius 3 is 2.61 bits per heavy atom. The van der Waals surface area contributed by atoms with Crippen molar-refractivity contribution in [3.8, 4) is 0 Å². The fourth-order valence-corrected chi connectivity index (χ4v) is 3.08. The number of carbonyl (C=O) groups excluding carboxylic acids is 3. The van der Waals surface area contributed by atoms with Gasteiger partial charge in [0.15, 0.2) is 0 Å². The molecule has 3 amide bonds. The molecular formula is C20H21FN4O3. The third kappa shape index (κ3) is 3.66. The van der Waals surface area contributed by atoms with E-state index >= 15 is 0 Å². The Morgan fingerprint density at radius 1 is 1.18 bits per heavy atom. The van der Waals surface area contributed by atoms with Gasteiger partial charge in [-0.3, -0.25) is 19.3 Å². The minimum atomic E-state index is -1.07. The molecule has 0 radical (unpaired) electrons. The van der Waals surface area contributed by atoms with E-state index in [9.17, 15) is 18.8 Å². The van der Waals surface area contributed by atoms with E-state index in [-0.39, 0.29) is 24.0 Å². The first kappa shape index (κ1) is 19.3. The zero-order valence-electron chi connectivity index (χ0n) is 15.8. The SMILES string of the molecule is CC(=O)Nc1cc(NCC(=O)N2c3ccccc3NC(=O)C2(C)C)ccc1F. The molecule has 1 aliphatic rings. The van der Waals surface area contributed by atoms with Crippen molar-refractivity contribution < 1.29 is 18.8 Å². The van der Waals surface area contributed by atoms with Crippen molar-refractivity contribution in [1.82, 2.24) is 0 Å². The summed E-state index contributed by atoms with van der Waals surface area (Å²) >= 11 is 0. The molecule has 2 aromatic rings. The van der Waals surface area contributed by atoms with Crippen molar-refractivity contribution in [3.05, 3.63) is 48.3 Å². The number of benzene rings is 2. The van der Waals surface area contributed by atoms with Crippen LogP contribution in [0.1, 0.15) is 20.8 Å². The normalized spacial score (nSPS) is 14.7. The highest BCUT2D eigenvalue weighted by Crippen LogP contribution is 2.36. The Balaban J connectivity index is 1.81. The van der Waals surface area contributed by atoms with Gasteiger partial charge in [0.25, 0.3) is 0 Å². The van der Waals surface area contributed by atoms with Gasteiger partial charge in [-0.2, -0.15) is 0 Å². The maximum Gasteiger partial charge on any atom is 0.250 e. The van der Waals surface area contributed by atoms with Crippen molar-refractivity contribution in [2.45, 2.75) is 26.3 Å². The lowest BCUT2D eigenvalue weighted by molar-refractivity contribution is -0.125. The Kier molecular flexibility index (Phi) is 5.04. The van der Waals surface area contributed by atoms with Crippen LogP contribution in [-0.2, 0) is 14.4 Å². The molecule has 1 heterocycles. The summed E-state index contributed by atoms with van der Waals surface area (Å²) in [5, 5.41) is 8.12. The molecule has 0 bridgehead atoms. The smallest absolute Gasteiger partial charge is 0.250 e. The first-order chi connectivity index (χ1) is 13.2. The van der Waals surface area contributed by atoms with Crippen LogP contribution >= 0.6 is 0 Å². The maximum atomic E-state index is 13.8. The van der Waals surface area contributed by atoms with Gasteiger partial charge in [0.1, 0.15) is 11.4 Å². The van der Waals surface area contributed by atoms with Gasteiger partial charge in [0.2, 0.25) is 17.7 Å². The molecule has 0 saturated heterocycles. The third-order valence-electron chi connectivity index (χ3n) is 4.48. The number of fused-ring (bicyclic) bond motifs is 1. The summed E-state index contributed by atoms with van der Waals surface area (Å²) in [5.74, 6) is -1.58. The largest absolute Gasteiger partial charge is 0.376 e. The van der Waals surface area contributed by atoms with Crippen molar-refractivity contribution >= 4 is 40.5 Å². The molecule has 0 atom stereocenters. The molecule has 0 unspecified atom stereocenters. The molecular weight excluding hydrogens is 363 g/mol. The molecule has 1 aliphatic heterocycles. The van der Waals surface area contributed by atoms with Gasteiger partial charge in [0.05, 0.1) is 23.6 Å². The first-order valence-electron chi connectivity index (χ1n) is 8.74. The van der Waals surface area contributed by atoms with Gasteiger partial charge in [-0.05, 0) is 44.2 Å². The number of amides is 3. The summed E-state index contributed by atoms with van der Waals surface area (Å²) in [5.41, 5.74) is 0.586. The van der Waals surface area contributed by atoms with Gasteiger partial charge in [-0.25, -0.2) is 4.39 Å². The number of hydrogen-bond donors (Lipinski definition) is 3. The molecule has 0 aromatic heterocycles. The molecule has 146 valence electrons. The van der Waals surface area contributed by atoms with Crippen molar-refractivity contribution in [2.24, 2.45) is 0 Å². The van der Waals surface area contributed by atoms with E-state index < -0.39 is 17.3 Å². The first-order valence-corrected chi connectivity index (χ1v) is 8.74. The highest BCUT2D eigenvalue weighted by atomic mass is 19.1. The van der Waals surface area contributed by atoms with E-state index in [2.05, 4.69) is 16.0 Å². The molecule has 7 nitrogen and oxygen atoms in total. The molecule has 2 aromatic carbocycles. The Labute approximate surface area is 161 Å². The predicted molar refractivity (Wildman–Crippen MR) is 106 cm³/mol. The number of para-hydroxylation sites is 2. The van der Waals surface area contributed by atoms with Crippen molar-refractivity contribution in [3.63, 3.8) is 0 Å². The number of rotatable bonds is 4. The van der Waals surface area contributed by atoms with Crippen molar-refractivity contribution in [1.29, 1.82) is 0 Å². The van der Waals surface area contributed by atoms with Crippen LogP contribution < -0.4 is 20.9 Å². The van der Waals surface area contributed by atoms with Gasteiger partial charge in [-0.15, -0.1) is 0 Å². The predicted octanol–water partition coefficient (Wildman–Crippen LogP) is 2.96. The standard InChI is InChI=1S/C20H21FN4O3/c1-12(26)23-16-10-13(8-9-14(16)21)22-11-18(27)25-17-7-5-4-6-15(17)24-19(28)20(25,2)3/h4-10,22H,11H2,1-3H3,(H,23,26)(H,24,28). The molecule has 8 heteroatoms. The number of carbonyl (C=O) groups is 3. The molecule has 0 saturated carbocycles. The van der Waals surface area contributed by atoms with Crippen LogP contribution in [0.25, 0.3) is 0 Å². The Morgan fingerprint density at radius 2 is 1.89 bits per heavy atom. The van der Waals surface area contributed by atoms with E-state index in [0.29, 0.717) is 17.1 Å². The van der Waals surface area contributed by atoms with Gasteiger partial charge in [-0.1, -0.05) is 12.1 Å². The molecule has 3 rings (SSSR count). The summed E-state index contributed by atoms with van der Waals surface area (Å²) in [6.07, 6.45) is 0. The lowest BCUT2D eigenvalue weighted by Crippen LogP contribution is -2.59. The Bertz CT molecular complexity index is 958. The summed E-state index contributed by atoms with van der Waals surface area (Å²) in [7, 11) is 0. The number of halogens is 1. The summed E-state index contributed by atoms with van der Waals surface area (Å²) in [4.78, 5) is 38.0. The second-order valence-electron chi connectivity index (χ2n) is 6.99. The number of hydrogen-bond acceptors (Lipinski definition) is 4. The van der Waals surface area contributed by atoms with Crippen LogP contribution in [0.15, 0.2) is 42.5 Å². The van der Waals surface area contributed by atoms with Crippen LogP contribution in [0, 0.1) is 5.82 Å². The van der Waals surface area contributed by atoms with E-state index in [1.807, 2.05) is 0 Å². The van der Waals surface area contributed by atoms with Gasteiger partial charge >= 0.3 is 0 Å². The lowest BCUT2D eigenvalue weighted by atomic mass is 9.96. The quantitative estimate of drug-likeness (QED) is 0.756. The van der Waals surface area contributed by atoms with E-state index in [4.69, 9.17) is 0 Å². The van der Waals surface area contributed by atoms with Gasteiger partial charge in [0, 0.05) is 12.6 Å². The van der Waals surface area contributed by atoms with E-state index in [0.717, 1.165) is 0 Å². The molecule has 0 fully saturated rings. The van der Waals surface area contributed by atoms with Crippen LogP contribution in [0.2, 0.25) is 0 Å². The Hall–Kier alpha value is -3.42. The lowest BCUT2D eigenvalue weighted by Gasteiger charge is -2.42. The number of nitrogens with one attached hydrogen (secondary N) is 3. The highest BCUT2D eigenvalue weighted by Gasteiger charge is 2.43. The van der Waals surface area contributed by atoms with E-state index in [1.54, 1.807) is 38.1 Å². The average Bonchev–Trinajstić information content (AvgIpc) is 2.62. The number of anilines is 4. The zero-order chi connectivity index (χ0) is 20.5. The topological polar surface area (TPSA) is 90.5 Å². The minimum absolute atomic E-state index is 0.0213. The van der Waals surface area contributed by atoms with Gasteiger partial charge < -0.3 is 16.0 Å². The van der Waals surface area contributed by atoms with Crippen LogP contribution in [0.3, 0.4) is 0 Å².